The van der Waals surface area contributed by atoms with Gasteiger partial charge in [-0.25, -0.2) is 9.07 Å². The summed E-state index contributed by atoms with van der Waals surface area (Å²) in [4.78, 5) is 12.2. The summed E-state index contributed by atoms with van der Waals surface area (Å²) in [5.74, 6) is -0.151. The van der Waals surface area contributed by atoms with Gasteiger partial charge in [-0.05, 0) is 49.9 Å². The van der Waals surface area contributed by atoms with Crippen molar-refractivity contribution in [3.05, 3.63) is 42.2 Å². The Hall–Kier alpha value is -2.68. The Labute approximate surface area is 133 Å². The summed E-state index contributed by atoms with van der Waals surface area (Å²) in [7, 11) is 0. The van der Waals surface area contributed by atoms with Crippen molar-refractivity contribution in [1.82, 2.24) is 9.78 Å². The Morgan fingerprint density at radius 3 is 2.57 bits per heavy atom. The fourth-order valence-corrected chi connectivity index (χ4v) is 2.78. The predicted molar refractivity (Wildman–Crippen MR) is 83.8 cm³/mol. The molecule has 0 spiro atoms. The van der Waals surface area contributed by atoms with Gasteiger partial charge in [0.25, 0.3) is 0 Å². The normalized spacial score (nSPS) is 20.7. The molecule has 1 heterocycles. The van der Waals surface area contributed by atoms with Gasteiger partial charge < -0.3 is 5.32 Å². The monoisotopic (exact) mass is 312 g/mol. The van der Waals surface area contributed by atoms with Crippen LogP contribution < -0.4 is 5.32 Å². The zero-order valence-corrected chi connectivity index (χ0v) is 12.6. The number of carbonyl (C=O) groups excluding carboxylic acids is 1. The third-order valence-corrected chi connectivity index (χ3v) is 4.14. The number of alkyl halides is 1. The Morgan fingerprint density at radius 1 is 1.26 bits per heavy atom. The Balaban J connectivity index is 1.63. The number of benzene rings is 1. The van der Waals surface area contributed by atoms with E-state index in [0.29, 0.717) is 36.9 Å². The van der Waals surface area contributed by atoms with E-state index in [1.165, 1.54) is 6.20 Å². The second-order valence-electron chi connectivity index (χ2n) is 5.77. The van der Waals surface area contributed by atoms with Crippen LogP contribution in [0.15, 0.2) is 36.7 Å². The van der Waals surface area contributed by atoms with E-state index in [0.717, 1.165) is 5.69 Å². The van der Waals surface area contributed by atoms with Crippen molar-refractivity contribution in [3.8, 4) is 11.8 Å². The lowest BCUT2D eigenvalue weighted by molar-refractivity contribution is -0.121. The van der Waals surface area contributed by atoms with Crippen LogP contribution in [0.3, 0.4) is 0 Å². The van der Waals surface area contributed by atoms with Crippen LogP contribution in [0.25, 0.3) is 5.69 Å². The molecule has 3 rings (SSSR count). The minimum Gasteiger partial charge on any atom is -0.326 e. The molecule has 1 N–H and O–H groups in total. The molecule has 1 saturated carbocycles. The summed E-state index contributed by atoms with van der Waals surface area (Å²) in [5.41, 5.74) is 2.00. The van der Waals surface area contributed by atoms with Crippen molar-refractivity contribution in [1.29, 1.82) is 5.26 Å². The van der Waals surface area contributed by atoms with Gasteiger partial charge in [-0.3, -0.25) is 4.79 Å². The van der Waals surface area contributed by atoms with E-state index >= 15 is 0 Å². The van der Waals surface area contributed by atoms with Crippen molar-refractivity contribution >= 4 is 11.6 Å². The number of aromatic nitrogens is 2. The highest BCUT2D eigenvalue weighted by Crippen LogP contribution is 2.27. The van der Waals surface area contributed by atoms with Crippen LogP contribution in [0.4, 0.5) is 10.1 Å². The van der Waals surface area contributed by atoms with E-state index in [2.05, 4.69) is 10.4 Å². The summed E-state index contributed by atoms with van der Waals surface area (Å²) in [6.07, 6.45) is 4.53. The number of hydrogen-bond donors (Lipinski definition) is 1. The van der Waals surface area contributed by atoms with Crippen LogP contribution >= 0.6 is 0 Å². The molecule has 0 bridgehead atoms. The van der Waals surface area contributed by atoms with Crippen molar-refractivity contribution in [2.45, 2.75) is 31.9 Å². The molecule has 1 amide bonds. The molecule has 0 unspecified atom stereocenters. The fourth-order valence-electron chi connectivity index (χ4n) is 2.78. The van der Waals surface area contributed by atoms with Crippen LogP contribution in [0, 0.1) is 17.2 Å². The third-order valence-electron chi connectivity index (χ3n) is 4.14. The Bertz CT molecular complexity index is 724. The van der Waals surface area contributed by atoms with E-state index in [1.54, 1.807) is 23.0 Å². The molecule has 6 heteroatoms. The van der Waals surface area contributed by atoms with Gasteiger partial charge in [-0.15, -0.1) is 0 Å². The molecular formula is C17H17FN4O. The Kier molecular flexibility index (Phi) is 4.38. The van der Waals surface area contributed by atoms with Crippen molar-refractivity contribution in [2.24, 2.45) is 5.92 Å². The molecule has 1 aromatic carbocycles. The molecule has 1 fully saturated rings. The summed E-state index contributed by atoms with van der Waals surface area (Å²) in [6.45, 7) is 0. The topological polar surface area (TPSA) is 70.7 Å². The molecular weight excluding hydrogens is 295 g/mol. The molecule has 0 radical (unpaired) electrons. The number of carbonyl (C=O) groups is 1. The smallest absolute Gasteiger partial charge is 0.227 e. The number of nitrogens with one attached hydrogen (secondary N) is 1. The van der Waals surface area contributed by atoms with Crippen LogP contribution in [0.5, 0.6) is 0 Å². The maximum atomic E-state index is 13.1. The largest absolute Gasteiger partial charge is 0.326 e. The first-order valence-corrected chi connectivity index (χ1v) is 7.66. The molecule has 5 nitrogen and oxygen atoms in total. The minimum absolute atomic E-state index is 0.0458. The van der Waals surface area contributed by atoms with Gasteiger partial charge in [0, 0.05) is 17.8 Å². The quantitative estimate of drug-likeness (QED) is 0.946. The maximum absolute atomic E-state index is 13.1. The predicted octanol–water partition coefficient (Wildman–Crippen LogP) is 3.21. The summed E-state index contributed by atoms with van der Waals surface area (Å²) in [5, 5.41) is 15.8. The first-order valence-electron chi connectivity index (χ1n) is 7.66. The SMILES string of the molecule is N#Cc1cnn(-c2ccc(NC(=O)C3CCC(F)CC3)cc2)c1. The number of halogens is 1. The molecule has 118 valence electrons. The van der Waals surface area contributed by atoms with E-state index < -0.39 is 6.17 Å². The number of nitriles is 1. The molecule has 23 heavy (non-hydrogen) atoms. The van der Waals surface area contributed by atoms with Crippen molar-refractivity contribution in [3.63, 3.8) is 0 Å². The number of anilines is 1. The van der Waals surface area contributed by atoms with Gasteiger partial charge in [0.15, 0.2) is 0 Å². The van der Waals surface area contributed by atoms with Crippen LogP contribution in [-0.2, 0) is 4.79 Å². The van der Waals surface area contributed by atoms with Gasteiger partial charge in [0.1, 0.15) is 12.2 Å². The number of amides is 1. The van der Waals surface area contributed by atoms with Gasteiger partial charge in [-0.2, -0.15) is 10.4 Å². The van der Waals surface area contributed by atoms with Crippen molar-refractivity contribution < 1.29 is 9.18 Å². The van der Waals surface area contributed by atoms with E-state index in [9.17, 15) is 9.18 Å². The van der Waals surface area contributed by atoms with E-state index in [1.807, 2.05) is 18.2 Å². The highest BCUT2D eigenvalue weighted by molar-refractivity contribution is 5.92. The minimum atomic E-state index is -0.759. The maximum Gasteiger partial charge on any atom is 0.227 e. The molecule has 1 aromatic heterocycles. The lowest BCUT2D eigenvalue weighted by Crippen LogP contribution is -2.27. The molecule has 0 aliphatic heterocycles. The van der Waals surface area contributed by atoms with Gasteiger partial charge in [0.05, 0.1) is 17.4 Å². The third kappa shape index (κ3) is 3.57. The average molecular weight is 312 g/mol. The first-order chi connectivity index (χ1) is 11.2. The van der Waals surface area contributed by atoms with Crippen LogP contribution in [0.1, 0.15) is 31.2 Å². The summed E-state index contributed by atoms with van der Waals surface area (Å²) < 4.78 is 14.7. The molecule has 2 aromatic rings. The lowest BCUT2D eigenvalue weighted by atomic mass is 9.87. The van der Waals surface area contributed by atoms with Crippen LogP contribution in [0.2, 0.25) is 0 Å². The highest BCUT2D eigenvalue weighted by Gasteiger charge is 2.25. The van der Waals surface area contributed by atoms with Crippen molar-refractivity contribution in [2.75, 3.05) is 5.32 Å². The highest BCUT2D eigenvalue weighted by atomic mass is 19.1. The number of rotatable bonds is 3. The average Bonchev–Trinajstić information content (AvgIpc) is 3.05. The van der Waals surface area contributed by atoms with Crippen LogP contribution in [-0.4, -0.2) is 21.9 Å². The fraction of sp³-hybridized carbons (Fsp3) is 0.353. The molecule has 1 aliphatic rings. The van der Waals surface area contributed by atoms with Gasteiger partial charge in [-0.1, -0.05) is 0 Å². The summed E-state index contributed by atoms with van der Waals surface area (Å²) >= 11 is 0. The molecule has 0 atom stereocenters. The summed E-state index contributed by atoms with van der Waals surface area (Å²) in [6, 6.07) is 9.26. The number of nitrogens with zero attached hydrogens (tertiary/aromatic N) is 3. The zero-order valence-electron chi connectivity index (χ0n) is 12.6. The Morgan fingerprint density at radius 2 is 1.96 bits per heavy atom. The standard InChI is InChI=1S/C17H17FN4O/c18-14-3-1-13(2-4-14)17(23)21-15-5-7-16(8-6-15)22-11-12(9-19)10-20-22/h5-8,10-11,13-14H,1-4H2,(H,21,23). The molecule has 1 aliphatic carbocycles. The first kappa shape index (κ1) is 15.2. The van der Waals surface area contributed by atoms with Gasteiger partial charge in [0.2, 0.25) is 5.91 Å². The second kappa shape index (κ2) is 6.61. The van der Waals surface area contributed by atoms with E-state index in [-0.39, 0.29) is 11.8 Å². The lowest BCUT2D eigenvalue weighted by Gasteiger charge is -2.23. The van der Waals surface area contributed by atoms with E-state index in [4.69, 9.17) is 5.26 Å². The van der Waals surface area contributed by atoms with Gasteiger partial charge >= 0.3 is 0 Å². The zero-order chi connectivity index (χ0) is 16.2. The molecule has 0 saturated heterocycles. The number of hydrogen-bond acceptors (Lipinski definition) is 3. The second-order valence-corrected chi connectivity index (χ2v) is 5.77.